The van der Waals surface area contributed by atoms with Crippen molar-refractivity contribution in [2.75, 3.05) is 6.54 Å². The van der Waals surface area contributed by atoms with Gasteiger partial charge in [-0.15, -0.1) is 0 Å². The molecule has 2 rings (SSSR count). The lowest BCUT2D eigenvalue weighted by molar-refractivity contribution is 0.0927. The van der Waals surface area contributed by atoms with Crippen LogP contribution in [0.25, 0.3) is 0 Å². The third-order valence-corrected chi connectivity index (χ3v) is 4.26. The predicted octanol–water partition coefficient (Wildman–Crippen LogP) is 3.06. The zero-order valence-electron chi connectivity index (χ0n) is 13.9. The zero-order valence-corrected chi connectivity index (χ0v) is 13.9. The van der Waals surface area contributed by atoms with Crippen LogP contribution in [0.15, 0.2) is 18.3 Å². The summed E-state index contributed by atoms with van der Waals surface area (Å²) in [6.07, 6.45) is 10.4. The van der Waals surface area contributed by atoms with Gasteiger partial charge in [-0.05, 0) is 31.4 Å². The number of amides is 2. The van der Waals surface area contributed by atoms with Gasteiger partial charge in [0, 0.05) is 24.3 Å². The molecule has 0 atom stereocenters. The molecule has 5 heteroatoms. The van der Waals surface area contributed by atoms with E-state index in [-0.39, 0.29) is 17.9 Å². The van der Waals surface area contributed by atoms with Crippen LogP contribution in [0.4, 0.5) is 0 Å². The van der Waals surface area contributed by atoms with Gasteiger partial charge in [0.2, 0.25) is 0 Å². The average Bonchev–Trinajstić information content (AvgIpc) is 2.59. The summed E-state index contributed by atoms with van der Waals surface area (Å²) in [6.45, 7) is 2.77. The highest BCUT2D eigenvalue weighted by molar-refractivity contribution is 5.98. The third kappa shape index (κ3) is 5.66. The molecule has 0 unspecified atom stereocenters. The molecular weight excluding hydrogens is 290 g/mol. The molecule has 1 heterocycles. The van der Waals surface area contributed by atoms with Gasteiger partial charge < -0.3 is 10.6 Å². The van der Waals surface area contributed by atoms with Crippen LogP contribution in [-0.2, 0) is 0 Å². The minimum Gasteiger partial charge on any atom is -0.351 e. The molecule has 2 amide bonds. The highest BCUT2D eigenvalue weighted by Gasteiger charge is 2.17. The van der Waals surface area contributed by atoms with Crippen molar-refractivity contribution in [3.8, 4) is 0 Å². The van der Waals surface area contributed by atoms with Crippen LogP contribution >= 0.6 is 0 Å². The van der Waals surface area contributed by atoms with E-state index in [0.29, 0.717) is 17.8 Å². The summed E-state index contributed by atoms with van der Waals surface area (Å²) >= 11 is 0. The van der Waals surface area contributed by atoms with Crippen molar-refractivity contribution in [2.45, 2.75) is 64.3 Å². The fourth-order valence-electron chi connectivity index (χ4n) is 2.88. The third-order valence-electron chi connectivity index (χ3n) is 4.26. The quantitative estimate of drug-likeness (QED) is 0.759. The number of rotatable bonds is 7. The first-order chi connectivity index (χ1) is 11.2. The molecule has 0 saturated heterocycles. The molecule has 2 N–H and O–H groups in total. The Labute approximate surface area is 138 Å². The van der Waals surface area contributed by atoms with Crippen LogP contribution < -0.4 is 10.6 Å². The van der Waals surface area contributed by atoms with Crippen molar-refractivity contribution in [3.63, 3.8) is 0 Å². The normalized spacial score (nSPS) is 15.2. The van der Waals surface area contributed by atoms with Gasteiger partial charge in [0.05, 0.1) is 0 Å². The average molecular weight is 317 g/mol. The number of carbonyl (C=O) groups is 2. The van der Waals surface area contributed by atoms with E-state index < -0.39 is 0 Å². The molecule has 1 aromatic rings. The molecule has 5 nitrogen and oxygen atoms in total. The smallest absolute Gasteiger partial charge is 0.269 e. The van der Waals surface area contributed by atoms with Gasteiger partial charge in [0.25, 0.3) is 11.8 Å². The van der Waals surface area contributed by atoms with Crippen LogP contribution in [0.3, 0.4) is 0 Å². The van der Waals surface area contributed by atoms with Crippen LogP contribution in [0.5, 0.6) is 0 Å². The van der Waals surface area contributed by atoms with E-state index in [9.17, 15) is 9.59 Å². The fraction of sp³-hybridized carbons (Fsp3) is 0.611. The van der Waals surface area contributed by atoms with E-state index in [1.807, 2.05) is 0 Å². The maximum Gasteiger partial charge on any atom is 0.269 e. The van der Waals surface area contributed by atoms with Crippen molar-refractivity contribution >= 4 is 11.8 Å². The van der Waals surface area contributed by atoms with Gasteiger partial charge in [0.15, 0.2) is 0 Å². The molecule has 1 aliphatic rings. The largest absolute Gasteiger partial charge is 0.351 e. The number of unbranched alkanes of at least 4 members (excludes halogenated alkanes) is 2. The van der Waals surface area contributed by atoms with Gasteiger partial charge in [-0.2, -0.15) is 0 Å². The molecule has 0 aliphatic heterocycles. The van der Waals surface area contributed by atoms with E-state index >= 15 is 0 Å². The Morgan fingerprint density at radius 2 is 1.96 bits per heavy atom. The molecular formula is C18H27N3O2. The lowest BCUT2D eigenvalue weighted by atomic mass is 9.95. The number of hydrogen-bond acceptors (Lipinski definition) is 3. The van der Waals surface area contributed by atoms with Gasteiger partial charge >= 0.3 is 0 Å². The van der Waals surface area contributed by atoms with E-state index in [4.69, 9.17) is 0 Å². The second-order valence-electron chi connectivity index (χ2n) is 6.20. The first-order valence-electron chi connectivity index (χ1n) is 8.76. The molecule has 0 bridgehead atoms. The topological polar surface area (TPSA) is 71.1 Å². The van der Waals surface area contributed by atoms with Gasteiger partial charge in [-0.3, -0.25) is 14.6 Å². The van der Waals surface area contributed by atoms with Gasteiger partial charge in [-0.25, -0.2) is 0 Å². The van der Waals surface area contributed by atoms with Crippen LogP contribution in [-0.4, -0.2) is 29.4 Å². The lowest BCUT2D eigenvalue weighted by Crippen LogP contribution is -2.36. The highest BCUT2D eigenvalue weighted by Crippen LogP contribution is 2.17. The minimum atomic E-state index is -0.214. The molecule has 1 aliphatic carbocycles. The predicted molar refractivity (Wildman–Crippen MR) is 90.4 cm³/mol. The summed E-state index contributed by atoms with van der Waals surface area (Å²) in [5.74, 6) is -0.326. The Kier molecular flexibility index (Phi) is 7.04. The summed E-state index contributed by atoms with van der Waals surface area (Å²) in [6, 6.07) is 3.50. The Morgan fingerprint density at radius 3 is 2.70 bits per heavy atom. The molecule has 1 saturated carbocycles. The Morgan fingerprint density at radius 1 is 1.17 bits per heavy atom. The molecule has 1 fully saturated rings. The molecule has 0 radical (unpaired) electrons. The number of nitrogens with zero attached hydrogens (tertiary/aromatic N) is 1. The molecule has 126 valence electrons. The van der Waals surface area contributed by atoms with Crippen molar-refractivity contribution in [1.82, 2.24) is 15.6 Å². The summed E-state index contributed by atoms with van der Waals surface area (Å²) in [4.78, 5) is 28.5. The lowest BCUT2D eigenvalue weighted by Gasteiger charge is -2.22. The Balaban J connectivity index is 1.90. The van der Waals surface area contributed by atoms with Crippen LogP contribution in [0, 0.1) is 0 Å². The van der Waals surface area contributed by atoms with Crippen molar-refractivity contribution < 1.29 is 9.59 Å². The number of hydrogen-bond donors (Lipinski definition) is 2. The second kappa shape index (κ2) is 9.28. The molecule has 1 aromatic heterocycles. The first-order valence-corrected chi connectivity index (χ1v) is 8.76. The number of carbonyl (C=O) groups excluding carboxylic acids is 2. The number of nitrogens with one attached hydrogen (secondary N) is 2. The molecule has 0 aromatic carbocycles. The second-order valence-corrected chi connectivity index (χ2v) is 6.20. The summed E-state index contributed by atoms with van der Waals surface area (Å²) < 4.78 is 0. The van der Waals surface area contributed by atoms with E-state index in [1.54, 1.807) is 12.1 Å². The fourth-order valence-corrected chi connectivity index (χ4v) is 2.88. The standard InChI is InChI=1S/C18H27N3O2/c1-2-3-7-11-20-18(23)16-13-14(10-12-19-16)17(22)21-15-8-5-4-6-9-15/h10,12-13,15H,2-9,11H2,1H3,(H,20,23)(H,21,22). The highest BCUT2D eigenvalue weighted by atomic mass is 16.2. The zero-order chi connectivity index (χ0) is 16.5. The Hall–Kier alpha value is -1.91. The van der Waals surface area contributed by atoms with Crippen molar-refractivity contribution in [3.05, 3.63) is 29.6 Å². The maximum atomic E-state index is 12.3. The van der Waals surface area contributed by atoms with E-state index in [1.165, 1.54) is 25.5 Å². The van der Waals surface area contributed by atoms with Crippen LogP contribution in [0.1, 0.15) is 79.1 Å². The van der Waals surface area contributed by atoms with Crippen molar-refractivity contribution in [2.24, 2.45) is 0 Å². The number of aromatic nitrogens is 1. The summed E-state index contributed by atoms with van der Waals surface area (Å²) in [7, 11) is 0. The van der Waals surface area contributed by atoms with E-state index in [0.717, 1.165) is 32.1 Å². The number of pyridine rings is 1. The van der Waals surface area contributed by atoms with Crippen LogP contribution in [0.2, 0.25) is 0 Å². The Bertz CT molecular complexity index is 525. The molecule has 0 spiro atoms. The minimum absolute atomic E-state index is 0.112. The summed E-state index contributed by atoms with van der Waals surface area (Å²) in [5.41, 5.74) is 0.807. The molecule has 23 heavy (non-hydrogen) atoms. The van der Waals surface area contributed by atoms with Crippen molar-refractivity contribution in [1.29, 1.82) is 0 Å². The maximum absolute atomic E-state index is 12.3. The monoisotopic (exact) mass is 317 g/mol. The van der Waals surface area contributed by atoms with E-state index in [2.05, 4.69) is 22.5 Å². The van der Waals surface area contributed by atoms with Gasteiger partial charge in [0.1, 0.15) is 5.69 Å². The SMILES string of the molecule is CCCCCNC(=O)c1cc(C(=O)NC2CCCCC2)ccn1. The summed E-state index contributed by atoms with van der Waals surface area (Å²) in [5, 5.41) is 5.91. The van der Waals surface area contributed by atoms with Gasteiger partial charge in [-0.1, -0.05) is 39.0 Å². The first kappa shape index (κ1) is 17.4.